The number of anilines is 1. The molecule has 0 radical (unpaired) electrons. The Bertz CT molecular complexity index is 578. The number of pyridine rings is 1. The smallest absolute Gasteiger partial charge is 0.407 e. The van der Waals surface area contributed by atoms with E-state index in [1.165, 1.54) is 5.56 Å². The van der Waals surface area contributed by atoms with Crippen molar-refractivity contribution in [3.63, 3.8) is 0 Å². The van der Waals surface area contributed by atoms with Crippen molar-refractivity contribution in [2.75, 3.05) is 24.5 Å². The van der Waals surface area contributed by atoms with Gasteiger partial charge in [0, 0.05) is 31.7 Å². The minimum atomic E-state index is -0.380. The summed E-state index contributed by atoms with van der Waals surface area (Å²) in [5.74, 6) is 1.07. The van der Waals surface area contributed by atoms with Crippen LogP contribution in [-0.4, -0.2) is 42.8 Å². The number of hydrogen-bond donors (Lipinski definition) is 2. The van der Waals surface area contributed by atoms with Gasteiger partial charge in [-0.1, -0.05) is 13.0 Å². The van der Waals surface area contributed by atoms with Crippen molar-refractivity contribution in [1.82, 2.24) is 15.6 Å². The van der Waals surface area contributed by atoms with Gasteiger partial charge >= 0.3 is 6.09 Å². The molecule has 0 aromatic carbocycles. The highest BCUT2D eigenvalue weighted by Crippen LogP contribution is 2.35. The van der Waals surface area contributed by atoms with Gasteiger partial charge < -0.3 is 20.3 Å². The van der Waals surface area contributed by atoms with Crippen LogP contribution in [0.25, 0.3) is 0 Å². The number of fused-ring (bicyclic) bond motifs is 3. The highest BCUT2D eigenvalue weighted by molar-refractivity contribution is 5.67. The molecule has 1 amide bonds. The van der Waals surface area contributed by atoms with Crippen molar-refractivity contribution in [3.8, 4) is 0 Å². The Kier molecular flexibility index (Phi) is 4.71. The summed E-state index contributed by atoms with van der Waals surface area (Å²) < 4.78 is 5.51. The summed E-state index contributed by atoms with van der Waals surface area (Å²) in [6.45, 7) is 8.66. The maximum atomic E-state index is 11.7. The average molecular weight is 318 g/mol. The fourth-order valence-corrected chi connectivity index (χ4v) is 3.54. The van der Waals surface area contributed by atoms with Crippen molar-refractivity contribution in [2.24, 2.45) is 0 Å². The van der Waals surface area contributed by atoms with E-state index < -0.39 is 0 Å². The molecule has 23 heavy (non-hydrogen) atoms. The fourth-order valence-electron chi connectivity index (χ4n) is 3.54. The number of nitrogens with one attached hydrogen (secondary N) is 2. The normalized spacial score (nSPS) is 23.9. The topological polar surface area (TPSA) is 66.5 Å². The van der Waals surface area contributed by atoms with Crippen LogP contribution in [0.2, 0.25) is 0 Å². The molecule has 0 saturated carbocycles. The molecule has 6 nitrogen and oxygen atoms in total. The average Bonchev–Trinajstić information content (AvgIpc) is 2.91. The first-order valence-corrected chi connectivity index (χ1v) is 8.57. The summed E-state index contributed by atoms with van der Waals surface area (Å²) in [6, 6.07) is 5.07. The number of carbonyl (C=O) groups is 1. The van der Waals surface area contributed by atoms with Gasteiger partial charge in [0.05, 0.1) is 5.69 Å². The number of nitrogens with zero attached hydrogens (tertiary/aromatic N) is 2. The molecule has 0 aliphatic carbocycles. The molecule has 1 saturated heterocycles. The number of hydrogen-bond acceptors (Lipinski definition) is 5. The molecule has 1 unspecified atom stereocenters. The third kappa shape index (κ3) is 3.13. The first-order valence-electron chi connectivity index (χ1n) is 8.57. The van der Waals surface area contributed by atoms with Crippen LogP contribution in [-0.2, 0) is 11.2 Å². The van der Waals surface area contributed by atoms with E-state index in [0.717, 1.165) is 31.0 Å². The second-order valence-corrected chi connectivity index (χ2v) is 6.32. The van der Waals surface area contributed by atoms with E-state index in [1.54, 1.807) is 0 Å². The molecule has 1 aromatic rings. The lowest BCUT2D eigenvalue weighted by Gasteiger charge is -2.37. The largest absolute Gasteiger partial charge is 0.440 e. The van der Waals surface area contributed by atoms with Gasteiger partial charge in [-0.15, -0.1) is 0 Å². The lowest BCUT2D eigenvalue weighted by Crippen LogP contribution is -2.55. The number of piperazine rings is 1. The van der Waals surface area contributed by atoms with Gasteiger partial charge in [0.25, 0.3) is 0 Å². The number of amides is 1. The molecule has 3 rings (SSSR count). The van der Waals surface area contributed by atoms with E-state index >= 15 is 0 Å². The molecule has 6 heteroatoms. The van der Waals surface area contributed by atoms with E-state index in [9.17, 15) is 4.79 Å². The third-order valence-corrected chi connectivity index (χ3v) is 4.64. The van der Waals surface area contributed by atoms with Crippen molar-refractivity contribution in [3.05, 3.63) is 23.4 Å². The maximum Gasteiger partial charge on any atom is 0.407 e. The van der Waals surface area contributed by atoms with Crippen molar-refractivity contribution in [1.29, 1.82) is 0 Å². The second kappa shape index (κ2) is 6.74. The molecule has 1 aromatic heterocycles. The van der Waals surface area contributed by atoms with Gasteiger partial charge in [-0.2, -0.15) is 0 Å². The van der Waals surface area contributed by atoms with Crippen LogP contribution in [0.3, 0.4) is 0 Å². The Hall–Kier alpha value is -1.82. The number of rotatable bonds is 4. The Morgan fingerprint density at radius 1 is 1.48 bits per heavy atom. The monoisotopic (exact) mass is 318 g/mol. The predicted molar refractivity (Wildman–Crippen MR) is 89.7 cm³/mol. The van der Waals surface area contributed by atoms with Gasteiger partial charge in [-0.3, -0.25) is 0 Å². The van der Waals surface area contributed by atoms with Crippen LogP contribution in [0.1, 0.15) is 44.6 Å². The zero-order valence-electron chi connectivity index (χ0n) is 14.1. The highest BCUT2D eigenvalue weighted by Gasteiger charge is 2.36. The Labute approximate surface area is 137 Å². The third-order valence-electron chi connectivity index (χ3n) is 4.64. The Balaban J connectivity index is 1.83. The fraction of sp³-hybridized carbons (Fsp3) is 0.647. The van der Waals surface area contributed by atoms with Crippen LogP contribution < -0.4 is 15.5 Å². The van der Waals surface area contributed by atoms with E-state index in [4.69, 9.17) is 9.72 Å². The predicted octanol–water partition coefficient (Wildman–Crippen LogP) is 2.00. The zero-order chi connectivity index (χ0) is 16.4. The van der Waals surface area contributed by atoms with E-state index in [-0.39, 0.29) is 12.2 Å². The summed E-state index contributed by atoms with van der Waals surface area (Å²) in [4.78, 5) is 19.0. The van der Waals surface area contributed by atoms with E-state index in [2.05, 4.69) is 28.5 Å². The first-order chi connectivity index (χ1) is 11.1. The van der Waals surface area contributed by atoms with E-state index in [0.29, 0.717) is 25.0 Å². The summed E-state index contributed by atoms with van der Waals surface area (Å²) in [6.07, 6.45) is 1.07. The highest BCUT2D eigenvalue weighted by atomic mass is 16.6. The van der Waals surface area contributed by atoms with Crippen molar-refractivity contribution < 1.29 is 9.53 Å². The SMILES string of the molecule is CCNC(=O)OC(CC)c1ccc2c(n1)N1[C@@H](CNC[C@H]1C)C2. The molecule has 0 spiro atoms. The molecule has 2 N–H and O–H groups in total. The summed E-state index contributed by atoms with van der Waals surface area (Å²) in [5, 5.41) is 6.16. The zero-order valence-corrected chi connectivity index (χ0v) is 14.1. The van der Waals surface area contributed by atoms with Gasteiger partial charge in [0.2, 0.25) is 0 Å². The summed E-state index contributed by atoms with van der Waals surface area (Å²) in [7, 11) is 0. The minimum absolute atomic E-state index is 0.302. The molecular formula is C17H26N4O2. The lowest BCUT2D eigenvalue weighted by atomic mass is 10.1. The lowest BCUT2D eigenvalue weighted by molar-refractivity contribution is 0.0934. The van der Waals surface area contributed by atoms with Gasteiger partial charge in [-0.25, -0.2) is 9.78 Å². The Morgan fingerprint density at radius 2 is 2.30 bits per heavy atom. The quantitative estimate of drug-likeness (QED) is 0.889. The van der Waals surface area contributed by atoms with Gasteiger partial charge in [0.1, 0.15) is 11.9 Å². The summed E-state index contributed by atoms with van der Waals surface area (Å²) >= 11 is 0. The Morgan fingerprint density at radius 3 is 3.04 bits per heavy atom. The first kappa shape index (κ1) is 16.1. The van der Waals surface area contributed by atoms with Crippen LogP contribution in [0.5, 0.6) is 0 Å². The van der Waals surface area contributed by atoms with E-state index in [1.807, 2.05) is 19.9 Å². The van der Waals surface area contributed by atoms with Crippen LogP contribution in [0, 0.1) is 0 Å². The summed E-state index contributed by atoms with van der Waals surface area (Å²) in [5.41, 5.74) is 2.13. The molecule has 3 heterocycles. The van der Waals surface area contributed by atoms with Gasteiger partial charge in [0.15, 0.2) is 0 Å². The van der Waals surface area contributed by atoms with Crippen LogP contribution in [0.15, 0.2) is 12.1 Å². The maximum absolute atomic E-state index is 11.7. The minimum Gasteiger partial charge on any atom is -0.440 e. The van der Waals surface area contributed by atoms with Crippen LogP contribution >= 0.6 is 0 Å². The number of ether oxygens (including phenoxy) is 1. The molecule has 0 bridgehead atoms. The molecular weight excluding hydrogens is 292 g/mol. The number of alkyl carbamates (subject to hydrolysis) is 1. The number of carbonyl (C=O) groups excluding carboxylic acids is 1. The standard InChI is InChI=1S/C17H26N4O2/c1-4-15(23-17(22)19-5-2)14-7-6-12-8-13-10-18-9-11(3)21(13)16(12)20-14/h6-7,11,13,15,18H,4-5,8-10H2,1-3H3,(H,19,22)/t11-,13-,15?/m1/s1. The molecule has 1 fully saturated rings. The van der Waals surface area contributed by atoms with Crippen molar-refractivity contribution in [2.45, 2.75) is 51.8 Å². The molecule has 126 valence electrons. The van der Waals surface area contributed by atoms with Crippen LogP contribution in [0.4, 0.5) is 10.6 Å². The van der Waals surface area contributed by atoms with Gasteiger partial charge in [-0.05, 0) is 38.3 Å². The molecule has 3 atom stereocenters. The molecule has 2 aliphatic heterocycles. The molecule has 2 aliphatic rings. The second-order valence-electron chi connectivity index (χ2n) is 6.32. The van der Waals surface area contributed by atoms with Crippen molar-refractivity contribution >= 4 is 11.9 Å². The number of aromatic nitrogens is 1.